The molecule has 25 heavy (non-hydrogen) atoms. The molecule has 1 amide bonds. The second-order valence-electron chi connectivity index (χ2n) is 6.26. The van der Waals surface area contributed by atoms with E-state index in [4.69, 9.17) is 4.74 Å². The quantitative estimate of drug-likeness (QED) is 0.771. The number of nitrogens with one attached hydrogen (secondary N) is 1. The van der Waals surface area contributed by atoms with E-state index in [0.717, 1.165) is 42.4 Å². The molecule has 6 heteroatoms. The zero-order chi connectivity index (χ0) is 17.6. The van der Waals surface area contributed by atoms with Crippen LogP contribution >= 0.6 is 11.8 Å². The summed E-state index contributed by atoms with van der Waals surface area (Å²) >= 11 is 1.48. The Bertz CT molecular complexity index is 706. The highest BCUT2D eigenvalue weighted by Crippen LogP contribution is 2.26. The molecule has 1 atom stereocenters. The number of hydrogen-bond donors (Lipinski definition) is 1. The summed E-state index contributed by atoms with van der Waals surface area (Å²) in [5.41, 5.74) is 3.48. The zero-order valence-electron chi connectivity index (χ0n) is 14.8. The van der Waals surface area contributed by atoms with Crippen LogP contribution in [0.4, 0.5) is 0 Å². The third-order valence-corrected chi connectivity index (χ3v) is 5.36. The van der Waals surface area contributed by atoms with Crippen LogP contribution in [0, 0.1) is 6.92 Å². The number of nitrogens with zero attached hydrogens (tertiary/aromatic N) is 2. The summed E-state index contributed by atoms with van der Waals surface area (Å²) in [4.78, 5) is 16.6. The fourth-order valence-corrected chi connectivity index (χ4v) is 3.82. The highest BCUT2D eigenvalue weighted by atomic mass is 32.2. The van der Waals surface area contributed by atoms with Gasteiger partial charge in [0, 0.05) is 19.7 Å². The first kappa shape index (κ1) is 18.0. The van der Waals surface area contributed by atoms with Gasteiger partial charge in [0.05, 0.1) is 23.7 Å². The lowest BCUT2D eigenvalue weighted by Gasteiger charge is -2.11. The molecule has 1 fully saturated rings. The molecule has 1 aromatic carbocycles. The van der Waals surface area contributed by atoms with E-state index in [-0.39, 0.29) is 12.0 Å². The first-order valence-corrected chi connectivity index (χ1v) is 9.79. The van der Waals surface area contributed by atoms with Crippen molar-refractivity contribution in [1.82, 2.24) is 14.9 Å². The lowest BCUT2D eigenvalue weighted by Crippen LogP contribution is -2.32. The van der Waals surface area contributed by atoms with Gasteiger partial charge in [-0.2, -0.15) is 0 Å². The van der Waals surface area contributed by atoms with Gasteiger partial charge in [-0.05, 0) is 32.3 Å². The second-order valence-corrected chi connectivity index (χ2v) is 7.21. The molecule has 2 aromatic rings. The predicted octanol–water partition coefficient (Wildman–Crippen LogP) is 3.27. The second kappa shape index (κ2) is 8.54. The molecule has 1 unspecified atom stereocenters. The average molecular weight is 359 g/mol. The van der Waals surface area contributed by atoms with Gasteiger partial charge in [-0.3, -0.25) is 4.79 Å². The third kappa shape index (κ3) is 4.64. The summed E-state index contributed by atoms with van der Waals surface area (Å²) in [5, 5.41) is 3.84. The van der Waals surface area contributed by atoms with E-state index in [9.17, 15) is 4.79 Å². The number of carbonyl (C=O) groups excluding carboxylic acids is 1. The normalized spacial score (nSPS) is 17.0. The number of thioether (sulfide) groups is 1. The van der Waals surface area contributed by atoms with Crippen LogP contribution in [0.5, 0.6) is 0 Å². The molecule has 1 N–H and O–H groups in total. The summed E-state index contributed by atoms with van der Waals surface area (Å²) in [5.74, 6) is 0.403. The number of hydrogen-bond acceptors (Lipinski definition) is 4. The number of ether oxygens (including phenoxy) is 1. The molecule has 0 aliphatic carbocycles. The Morgan fingerprint density at radius 1 is 1.40 bits per heavy atom. The van der Waals surface area contributed by atoms with Crippen molar-refractivity contribution in [2.75, 3.05) is 18.9 Å². The highest BCUT2D eigenvalue weighted by Gasteiger charge is 2.17. The smallest absolute Gasteiger partial charge is 0.230 e. The lowest BCUT2D eigenvalue weighted by atomic mass is 10.1. The fourth-order valence-electron chi connectivity index (χ4n) is 2.95. The Balaban J connectivity index is 1.58. The third-order valence-electron chi connectivity index (χ3n) is 4.37. The Morgan fingerprint density at radius 2 is 2.20 bits per heavy atom. The van der Waals surface area contributed by atoms with E-state index in [2.05, 4.69) is 53.0 Å². The van der Waals surface area contributed by atoms with Crippen LogP contribution in [0.25, 0.3) is 11.3 Å². The fraction of sp³-hybridized carbons (Fsp3) is 0.474. The summed E-state index contributed by atoms with van der Waals surface area (Å²) < 4.78 is 7.68. The van der Waals surface area contributed by atoms with Crippen LogP contribution in [0.2, 0.25) is 0 Å². The predicted molar refractivity (Wildman–Crippen MR) is 101 cm³/mol. The monoisotopic (exact) mass is 359 g/mol. The van der Waals surface area contributed by atoms with Gasteiger partial charge in [0.2, 0.25) is 5.91 Å². The maximum Gasteiger partial charge on any atom is 0.230 e. The molecule has 1 aliphatic heterocycles. The van der Waals surface area contributed by atoms with E-state index in [1.165, 1.54) is 17.3 Å². The molecule has 1 aliphatic rings. The van der Waals surface area contributed by atoms with Crippen molar-refractivity contribution in [2.24, 2.45) is 0 Å². The standard InChI is InChI=1S/C19H25N3O2S/c1-3-22-17(15-8-6-14(2)7-9-15)12-21-19(22)25-13-18(23)20-11-16-5-4-10-24-16/h6-9,12,16H,3-5,10-11,13H2,1-2H3,(H,20,23). The Kier molecular flexibility index (Phi) is 6.15. The molecule has 0 spiro atoms. The lowest BCUT2D eigenvalue weighted by molar-refractivity contribution is -0.119. The minimum Gasteiger partial charge on any atom is -0.376 e. The van der Waals surface area contributed by atoms with Gasteiger partial charge in [0.1, 0.15) is 0 Å². The van der Waals surface area contributed by atoms with Crippen LogP contribution in [0.15, 0.2) is 35.6 Å². The molecule has 0 bridgehead atoms. The molecule has 0 saturated carbocycles. The highest BCUT2D eigenvalue weighted by molar-refractivity contribution is 7.99. The van der Waals surface area contributed by atoms with Crippen molar-refractivity contribution >= 4 is 17.7 Å². The van der Waals surface area contributed by atoms with Gasteiger partial charge in [-0.25, -0.2) is 4.98 Å². The first-order chi connectivity index (χ1) is 12.2. The van der Waals surface area contributed by atoms with Crippen LogP contribution in [0.1, 0.15) is 25.3 Å². The van der Waals surface area contributed by atoms with Crippen molar-refractivity contribution in [1.29, 1.82) is 0 Å². The Labute approximate surface area is 153 Å². The topological polar surface area (TPSA) is 56.2 Å². The summed E-state index contributed by atoms with van der Waals surface area (Å²) in [6.45, 7) is 6.42. The van der Waals surface area contributed by atoms with Crippen molar-refractivity contribution in [3.63, 3.8) is 0 Å². The maximum atomic E-state index is 12.1. The van der Waals surface area contributed by atoms with Crippen LogP contribution < -0.4 is 5.32 Å². The van der Waals surface area contributed by atoms with Crippen LogP contribution in [-0.4, -0.2) is 40.5 Å². The molecule has 0 radical (unpaired) electrons. The van der Waals surface area contributed by atoms with E-state index in [0.29, 0.717) is 12.3 Å². The minimum atomic E-state index is 0.0306. The number of rotatable bonds is 7. The van der Waals surface area contributed by atoms with Gasteiger partial charge in [-0.1, -0.05) is 41.6 Å². The largest absolute Gasteiger partial charge is 0.376 e. The molecule has 134 valence electrons. The van der Waals surface area contributed by atoms with Gasteiger partial charge in [-0.15, -0.1) is 0 Å². The number of benzene rings is 1. The molecule has 1 aromatic heterocycles. The molecule has 1 saturated heterocycles. The van der Waals surface area contributed by atoms with Crippen molar-refractivity contribution in [3.8, 4) is 11.3 Å². The van der Waals surface area contributed by atoms with Crippen LogP contribution in [0.3, 0.4) is 0 Å². The maximum absolute atomic E-state index is 12.1. The summed E-state index contributed by atoms with van der Waals surface area (Å²) in [7, 11) is 0. The van der Waals surface area contributed by atoms with Crippen LogP contribution in [-0.2, 0) is 16.1 Å². The number of aromatic nitrogens is 2. The van der Waals surface area contributed by atoms with Gasteiger partial charge >= 0.3 is 0 Å². The van der Waals surface area contributed by atoms with Gasteiger partial charge in [0.25, 0.3) is 0 Å². The molecular formula is C19H25N3O2S. The van der Waals surface area contributed by atoms with E-state index in [1.54, 1.807) is 0 Å². The van der Waals surface area contributed by atoms with Crippen molar-refractivity contribution < 1.29 is 9.53 Å². The summed E-state index contributed by atoms with van der Waals surface area (Å²) in [6, 6.07) is 8.43. The molecular weight excluding hydrogens is 334 g/mol. The Morgan fingerprint density at radius 3 is 2.88 bits per heavy atom. The summed E-state index contributed by atoms with van der Waals surface area (Å²) in [6.07, 6.45) is 4.19. The van der Waals surface area contributed by atoms with Crippen molar-refractivity contribution in [3.05, 3.63) is 36.0 Å². The average Bonchev–Trinajstić information content (AvgIpc) is 3.28. The van der Waals surface area contributed by atoms with Gasteiger partial charge < -0.3 is 14.6 Å². The number of amides is 1. The van der Waals surface area contributed by atoms with E-state index >= 15 is 0 Å². The van der Waals surface area contributed by atoms with E-state index in [1.807, 2.05) is 6.20 Å². The number of imidazole rings is 1. The zero-order valence-corrected chi connectivity index (χ0v) is 15.6. The SMILES string of the molecule is CCn1c(-c2ccc(C)cc2)cnc1SCC(=O)NCC1CCCO1. The van der Waals surface area contributed by atoms with E-state index < -0.39 is 0 Å². The van der Waals surface area contributed by atoms with Gasteiger partial charge in [0.15, 0.2) is 5.16 Å². The van der Waals surface area contributed by atoms with Crippen molar-refractivity contribution in [2.45, 2.75) is 44.5 Å². The number of carbonyl (C=O) groups is 1. The molecule has 5 nitrogen and oxygen atoms in total. The Hall–Kier alpha value is -1.79. The number of aryl methyl sites for hydroxylation is 1. The minimum absolute atomic E-state index is 0.0306. The molecule has 2 heterocycles. The first-order valence-electron chi connectivity index (χ1n) is 8.81. The molecule has 3 rings (SSSR count).